The molecule has 0 saturated heterocycles. The Labute approximate surface area is 133 Å². The third kappa shape index (κ3) is 2.55. The minimum Gasteiger partial charge on any atom is -0.842 e. The summed E-state index contributed by atoms with van der Waals surface area (Å²) in [4.78, 5) is 12.8. The van der Waals surface area contributed by atoms with Gasteiger partial charge in [0.15, 0.2) is 0 Å². The second-order valence-electron chi connectivity index (χ2n) is 5.34. The number of aryl methyl sites for hydroxylation is 2. The normalized spacial score (nSPS) is 10.6. The van der Waals surface area contributed by atoms with Crippen molar-refractivity contribution in [2.75, 3.05) is 0 Å². The molecule has 0 atom stereocenters. The fraction of sp³-hybridized carbons (Fsp3) is 0.167. The van der Waals surface area contributed by atoms with Crippen molar-refractivity contribution < 1.29 is 9.67 Å². The molecule has 0 saturated carbocycles. The molecule has 2 heterocycles. The van der Waals surface area contributed by atoms with Crippen LogP contribution in [0.1, 0.15) is 12.0 Å². The quantitative estimate of drug-likeness (QED) is 0.689. The SMILES string of the molecule is Cc1cccc(-c2c([O-])[n+](CCC#N)c3ccccn3c2=O)c1. The topological polar surface area (TPSA) is 72.2 Å². The van der Waals surface area contributed by atoms with Gasteiger partial charge in [-0.2, -0.15) is 9.66 Å². The Bertz CT molecular complexity index is 984. The minimum absolute atomic E-state index is 0.135. The molecule has 0 bridgehead atoms. The zero-order valence-electron chi connectivity index (χ0n) is 12.7. The van der Waals surface area contributed by atoms with Crippen LogP contribution in [0.15, 0.2) is 53.5 Å². The molecule has 0 fully saturated rings. The highest BCUT2D eigenvalue weighted by Gasteiger charge is 2.19. The molecular weight excluding hydrogens is 290 g/mol. The van der Waals surface area contributed by atoms with Crippen LogP contribution in [0.2, 0.25) is 0 Å². The van der Waals surface area contributed by atoms with Crippen molar-refractivity contribution in [3.05, 3.63) is 64.6 Å². The molecule has 0 aliphatic heterocycles. The number of pyridine rings is 1. The lowest BCUT2D eigenvalue weighted by molar-refractivity contribution is -0.714. The standard InChI is InChI=1S/C18H15N3O2/c1-13-6-4-7-14(12-13)16-17(22)20-10-3-2-8-15(20)21(18(16)23)11-5-9-19/h2-4,6-8,10,12H,5,11H2,1H3. The first-order chi connectivity index (χ1) is 11.1. The van der Waals surface area contributed by atoms with E-state index in [0.717, 1.165) is 5.56 Å². The van der Waals surface area contributed by atoms with Gasteiger partial charge < -0.3 is 5.11 Å². The molecule has 5 heteroatoms. The molecule has 0 amide bonds. The summed E-state index contributed by atoms with van der Waals surface area (Å²) in [7, 11) is 0. The van der Waals surface area contributed by atoms with Gasteiger partial charge in [-0.1, -0.05) is 35.9 Å². The van der Waals surface area contributed by atoms with Crippen LogP contribution in [0, 0.1) is 18.3 Å². The third-order valence-electron chi connectivity index (χ3n) is 3.76. The van der Waals surface area contributed by atoms with E-state index in [1.165, 1.54) is 8.97 Å². The first kappa shape index (κ1) is 14.8. The Balaban J connectivity index is 2.39. The second-order valence-corrected chi connectivity index (χ2v) is 5.34. The average Bonchev–Trinajstić information content (AvgIpc) is 2.55. The molecule has 23 heavy (non-hydrogen) atoms. The van der Waals surface area contributed by atoms with E-state index in [-0.39, 0.29) is 30.0 Å². The molecule has 1 aromatic carbocycles. The van der Waals surface area contributed by atoms with Crippen molar-refractivity contribution in [1.29, 1.82) is 5.26 Å². The summed E-state index contributed by atoms with van der Waals surface area (Å²) in [6.45, 7) is 2.16. The summed E-state index contributed by atoms with van der Waals surface area (Å²) in [5.74, 6) is -0.359. The van der Waals surface area contributed by atoms with Gasteiger partial charge in [0.1, 0.15) is 12.1 Å². The molecular formula is C18H15N3O2. The van der Waals surface area contributed by atoms with Gasteiger partial charge in [-0.25, -0.2) is 9.36 Å². The number of hydrogen-bond donors (Lipinski definition) is 0. The van der Waals surface area contributed by atoms with Crippen molar-refractivity contribution in [3.8, 4) is 23.1 Å². The lowest BCUT2D eigenvalue weighted by Crippen LogP contribution is -2.43. The number of nitriles is 1. The first-order valence-corrected chi connectivity index (χ1v) is 7.31. The van der Waals surface area contributed by atoms with E-state index in [9.17, 15) is 9.90 Å². The lowest BCUT2D eigenvalue weighted by atomic mass is 10.1. The monoisotopic (exact) mass is 305 g/mol. The number of rotatable bonds is 3. The highest BCUT2D eigenvalue weighted by atomic mass is 16.3. The molecule has 0 radical (unpaired) electrons. The van der Waals surface area contributed by atoms with Gasteiger partial charge in [-0.05, 0) is 18.6 Å². The second kappa shape index (κ2) is 5.93. The highest BCUT2D eigenvalue weighted by molar-refractivity contribution is 5.67. The molecule has 2 aromatic heterocycles. The molecule has 0 N–H and O–H groups in total. The fourth-order valence-corrected chi connectivity index (χ4v) is 2.70. The van der Waals surface area contributed by atoms with Crippen LogP contribution < -0.4 is 15.2 Å². The third-order valence-corrected chi connectivity index (χ3v) is 3.76. The van der Waals surface area contributed by atoms with Gasteiger partial charge in [0.25, 0.3) is 5.65 Å². The zero-order chi connectivity index (χ0) is 16.4. The van der Waals surface area contributed by atoms with Crippen LogP contribution in [-0.2, 0) is 6.54 Å². The molecule has 5 nitrogen and oxygen atoms in total. The van der Waals surface area contributed by atoms with E-state index in [4.69, 9.17) is 5.26 Å². The average molecular weight is 305 g/mol. The largest absolute Gasteiger partial charge is 0.842 e. The number of benzene rings is 1. The van der Waals surface area contributed by atoms with E-state index >= 15 is 0 Å². The van der Waals surface area contributed by atoms with Crippen molar-refractivity contribution in [3.63, 3.8) is 0 Å². The fourth-order valence-electron chi connectivity index (χ4n) is 2.70. The van der Waals surface area contributed by atoms with Crippen LogP contribution in [0.25, 0.3) is 16.8 Å². The van der Waals surface area contributed by atoms with Gasteiger partial charge >= 0.3 is 5.56 Å². The van der Waals surface area contributed by atoms with E-state index in [1.54, 1.807) is 30.5 Å². The molecule has 3 rings (SSSR count). The Hall–Kier alpha value is -3.13. The van der Waals surface area contributed by atoms with Crippen LogP contribution in [0.5, 0.6) is 5.88 Å². The summed E-state index contributed by atoms with van der Waals surface area (Å²) in [6, 6.07) is 14.6. The van der Waals surface area contributed by atoms with E-state index in [0.29, 0.717) is 11.2 Å². The number of aromatic nitrogens is 2. The molecule has 0 unspecified atom stereocenters. The van der Waals surface area contributed by atoms with Crippen LogP contribution >= 0.6 is 0 Å². The van der Waals surface area contributed by atoms with Gasteiger partial charge in [-0.15, -0.1) is 0 Å². The predicted octanol–water partition coefficient (Wildman–Crippen LogP) is 1.55. The zero-order valence-corrected chi connectivity index (χ0v) is 12.7. The smallest absolute Gasteiger partial charge is 0.349 e. The summed E-state index contributed by atoms with van der Waals surface area (Å²) in [5.41, 5.74) is 1.86. The van der Waals surface area contributed by atoms with Gasteiger partial charge in [-0.3, -0.25) is 0 Å². The molecule has 0 aliphatic carbocycles. The van der Waals surface area contributed by atoms with Crippen LogP contribution in [0.3, 0.4) is 0 Å². The Morgan fingerprint density at radius 3 is 2.83 bits per heavy atom. The number of nitrogens with zero attached hydrogens (tertiary/aromatic N) is 3. The predicted molar refractivity (Wildman–Crippen MR) is 83.7 cm³/mol. The van der Waals surface area contributed by atoms with Crippen LogP contribution in [-0.4, -0.2) is 4.40 Å². The Kier molecular flexibility index (Phi) is 3.82. The Morgan fingerprint density at radius 1 is 1.26 bits per heavy atom. The maximum atomic E-state index is 12.9. The summed E-state index contributed by atoms with van der Waals surface area (Å²) in [6.07, 6.45) is 1.84. The summed E-state index contributed by atoms with van der Waals surface area (Å²) < 4.78 is 2.94. The van der Waals surface area contributed by atoms with E-state index < -0.39 is 0 Å². The van der Waals surface area contributed by atoms with E-state index in [1.807, 2.05) is 31.2 Å². The number of hydrogen-bond acceptors (Lipinski definition) is 3. The van der Waals surface area contributed by atoms with Crippen molar-refractivity contribution in [2.24, 2.45) is 0 Å². The van der Waals surface area contributed by atoms with Crippen molar-refractivity contribution in [1.82, 2.24) is 4.40 Å². The van der Waals surface area contributed by atoms with Gasteiger partial charge in [0.2, 0.25) is 0 Å². The van der Waals surface area contributed by atoms with Crippen molar-refractivity contribution in [2.45, 2.75) is 19.9 Å². The molecule has 3 aromatic rings. The summed E-state index contributed by atoms with van der Waals surface area (Å²) >= 11 is 0. The Morgan fingerprint density at radius 2 is 2.09 bits per heavy atom. The van der Waals surface area contributed by atoms with Crippen LogP contribution in [0.4, 0.5) is 0 Å². The molecule has 114 valence electrons. The maximum absolute atomic E-state index is 12.9. The maximum Gasteiger partial charge on any atom is 0.349 e. The highest BCUT2D eigenvalue weighted by Crippen LogP contribution is 2.22. The van der Waals surface area contributed by atoms with Crippen molar-refractivity contribution >= 4 is 5.65 Å². The minimum atomic E-state index is -0.359. The summed E-state index contributed by atoms with van der Waals surface area (Å²) in [5, 5.41) is 21.7. The first-order valence-electron chi connectivity index (χ1n) is 7.31. The molecule has 0 aliphatic rings. The molecule has 0 spiro atoms. The van der Waals surface area contributed by atoms with Gasteiger partial charge in [0, 0.05) is 6.07 Å². The van der Waals surface area contributed by atoms with E-state index in [2.05, 4.69) is 0 Å². The number of fused-ring (bicyclic) bond motifs is 1. The van der Waals surface area contributed by atoms with Gasteiger partial charge in [0.05, 0.1) is 24.6 Å². The lowest BCUT2D eigenvalue weighted by Gasteiger charge is -2.16.